The Hall–Kier alpha value is -2.14. The van der Waals surface area contributed by atoms with Crippen LogP contribution in [0.15, 0.2) is 40.9 Å². The molecule has 0 aromatic heterocycles. The lowest BCUT2D eigenvalue weighted by Crippen LogP contribution is -2.12. The summed E-state index contributed by atoms with van der Waals surface area (Å²) in [6.07, 6.45) is 0. The van der Waals surface area contributed by atoms with Gasteiger partial charge in [0.2, 0.25) is 0 Å². The van der Waals surface area contributed by atoms with Crippen molar-refractivity contribution in [3.05, 3.63) is 63.1 Å². The molecule has 0 radical (unpaired) electrons. The van der Waals surface area contributed by atoms with Gasteiger partial charge in [0.05, 0.1) is 25.3 Å². The molecule has 114 valence electrons. The first kappa shape index (κ1) is 16.2. The van der Waals surface area contributed by atoms with Crippen LogP contribution in [0.4, 0.5) is 0 Å². The van der Waals surface area contributed by atoms with Gasteiger partial charge in [-0.2, -0.15) is 0 Å². The Bertz CT molecular complexity index is 737. The zero-order valence-corrected chi connectivity index (χ0v) is 14.1. The molecule has 0 aliphatic heterocycles. The summed E-state index contributed by atoms with van der Waals surface area (Å²) < 4.78 is 10.8. The quantitative estimate of drug-likeness (QED) is 0.613. The van der Waals surface area contributed by atoms with Crippen molar-refractivity contribution in [3.8, 4) is 5.75 Å². The van der Waals surface area contributed by atoms with E-state index in [2.05, 4.69) is 15.9 Å². The molecule has 0 unspecified atom stereocenters. The molecule has 0 aliphatic rings. The van der Waals surface area contributed by atoms with Gasteiger partial charge >= 0.3 is 5.97 Å². The lowest BCUT2D eigenvalue weighted by atomic mass is 9.97. The predicted octanol–water partition coefficient (Wildman–Crippen LogP) is 3.78. The van der Waals surface area contributed by atoms with Gasteiger partial charge in [-0.3, -0.25) is 4.79 Å². The summed E-state index contributed by atoms with van der Waals surface area (Å²) in [5.41, 5.74) is 1.85. The second-order valence-electron chi connectivity index (χ2n) is 4.67. The van der Waals surface area contributed by atoms with Gasteiger partial charge in [0, 0.05) is 10.0 Å². The van der Waals surface area contributed by atoms with Gasteiger partial charge in [-0.1, -0.05) is 34.1 Å². The minimum atomic E-state index is -0.547. The Balaban J connectivity index is 2.59. The van der Waals surface area contributed by atoms with E-state index in [1.807, 2.05) is 6.92 Å². The van der Waals surface area contributed by atoms with Crippen LogP contribution in [-0.2, 0) is 4.74 Å². The third kappa shape index (κ3) is 3.04. The molecular formula is C17H15BrO4. The van der Waals surface area contributed by atoms with Crippen LogP contribution in [0.3, 0.4) is 0 Å². The summed E-state index contributed by atoms with van der Waals surface area (Å²) in [4.78, 5) is 24.7. The van der Waals surface area contributed by atoms with Gasteiger partial charge < -0.3 is 9.47 Å². The predicted molar refractivity (Wildman–Crippen MR) is 86.6 cm³/mol. The first-order chi connectivity index (χ1) is 10.5. The fourth-order valence-corrected chi connectivity index (χ4v) is 2.46. The molecule has 22 heavy (non-hydrogen) atoms. The number of carbonyl (C=O) groups excluding carboxylic acids is 2. The van der Waals surface area contributed by atoms with Crippen molar-refractivity contribution in [3.63, 3.8) is 0 Å². The molecule has 0 saturated heterocycles. The monoisotopic (exact) mass is 362 g/mol. The van der Waals surface area contributed by atoms with Gasteiger partial charge in [0.25, 0.3) is 0 Å². The summed E-state index contributed by atoms with van der Waals surface area (Å²) in [6, 6.07) is 10.0. The second-order valence-corrected chi connectivity index (χ2v) is 5.52. The van der Waals surface area contributed by atoms with E-state index in [-0.39, 0.29) is 16.9 Å². The van der Waals surface area contributed by atoms with Crippen LogP contribution in [0.1, 0.15) is 31.8 Å². The molecule has 5 heteroatoms. The van der Waals surface area contributed by atoms with E-state index < -0.39 is 5.97 Å². The molecule has 2 aromatic carbocycles. The maximum absolute atomic E-state index is 12.8. The Labute approximate surface area is 137 Å². The first-order valence-electron chi connectivity index (χ1n) is 6.55. The van der Waals surface area contributed by atoms with E-state index in [1.165, 1.54) is 14.2 Å². The third-order valence-corrected chi connectivity index (χ3v) is 4.16. The minimum Gasteiger partial charge on any atom is -0.496 e. The molecule has 2 rings (SSSR count). The minimum absolute atomic E-state index is 0.230. The number of carbonyl (C=O) groups is 2. The highest BCUT2D eigenvalue weighted by atomic mass is 79.9. The first-order valence-corrected chi connectivity index (χ1v) is 7.35. The van der Waals surface area contributed by atoms with Gasteiger partial charge in [-0.15, -0.1) is 0 Å². The molecule has 0 spiro atoms. The maximum Gasteiger partial charge on any atom is 0.338 e. The smallest absolute Gasteiger partial charge is 0.338 e. The lowest BCUT2D eigenvalue weighted by Gasteiger charge is -2.12. The fourth-order valence-electron chi connectivity index (χ4n) is 2.12. The number of ketones is 1. The second kappa shape index (κ2) is 6.75. The number of benzene rings is 2. The van der Waals surface area contributed by atoms with Crippen molar-refractivity contribution in [2.45, 2.75) is 6.92 Å². The number of methoxy groups -OCH3 is 2. The zero-order chi connectivity index (χ0) is 16.3. The van der Waals surface area contributed by atoms with Crippen LogP contribution in [-0.4, -0.2) is 26.0 Å². The molecule has 0 saturated carbocycles. The lowest BCUT2D eigenvalue weighted by molar-refractivity contribution is 0.0597. The Morgan fingerprint density at radius 3 is 2.23 bits per heavy atom. The summed E-state index contributed by atoms with van der Waals surface area (Å²) in [7, 11) is 2.79. The average Bonchev–Trinajstić information content (AvgIpc) is 2.55. The SMILES string of the molecule is COC(=O)c1ccccc1C(=O)c1cc(Br)c(C)cc1OC. The van der Waals surface area contributed by atoms with Crippen LogP contribution in [0, 0.1) is 6.92 Å². The van der Waals surface area contributed by atoms with Gasteiger partial charge in [-0.25, -0.2) is 4.79 Å². The van der Waals surface area contributed by atoms with Crippen molar-refractivity contribution in [2.24, 2.45) is 0 Å². The number of aryl methyl sites for hydroxylation is 1. The summed E-state index contributed by atoms with van der Waals surface area (Å²) in [5, 5.41) is 0. The number of rotatable bonds is 4. The van der Waals surface area contributed by atoms with E-state index >= 15 is 0 Å². The van der Waals surface area contributed by atoms with Crippen LogP contribution in [0.5, 0.6) is 5.75 Å². The molecule has 0 N–H and O–H groups in total. The molecule has 0 heterocycles. The molecule has 4 nitrogen and oxygen atoms in total. The standard InChI is InChI=1S/C17H15BrO4/c1-10-8-15(21-2)13(9-14(10)18)16(19)11-6-4-5-7-12(11)17(20)22-3/h4-9H,1-3H3. The average molecular weight is 363 g/mol. The van der Waals surface area contributed by atoms with Crippen molar-refractivity contribution in [2.75, 3.05) is 14.2 Å². The topological polar surface area (TPSA) is 52.6 Å². The van der Waals surface area contributed by atoms with E-state index in [0.717, 1.165) is 10.0 Å². The van der Waals surface area contributed by atoms with Crippen molar-refractivity contribution >= 4 is 27.7 Å². The zero-order valence-electron chi connectivity index (χ0n) is 12.5. The molecule has 0 aliphatic carbocycles. The number of halogens is 1. The van der Waals surface area contributed by atoms with Crippen molar-refractivity contribution in [1.82, 2.24) is 0 Å². The molecule has 0 atom stereocenters. The van der Waals surface area contributed by atoms with E-state index in [0.29, 0.717) is 11.3 Å². The largest absolute Gasteiger partial charge is 0.496 e. The molecule has 2 aromatic rings. The maximum atomic E-state index is 12.8. The normalized spacial score (nSPS) is 10.2. The highest BCUT2D eigenvalue weighted by Gasteiger charge is 2.22. The Kier molecular flexibility index (Phi) is 4.98. The van der Waals surface area contributed by atoms with Gasteiger partial charge in [-0.05, 0) is 30.7 Å². The van der Waals surface area contributed by atoms with E-state index in [1.54, 1.807) is 36.4 Å². The number of hydrogen-bond acceptors (Lipinski definition) is 4. The highest BCUT2D eigenvalue weighted by Crippen LogP contribution is 2.29. The molecule has 0 amide bonds. The Morgan fingerprint density at radius 2 is 1.64 bits per heavy atom. The van der Waals surface area contributed by atoms with Crippen LogP contribution < -0.4 is 4.74 Å². The Morgan fingerprint density at radius 1 is 1.00 bits per heavy atom. The number of hydrogen-bond donors (Lipinski definition) is 0. The van der Waals surface area contributed by atoms with Gasteiger partial charge in [0.1, 0.15) is 5.75 Å². The van der Waals surface area contributed by atoms with Gasteiger partial charge in [0.15, 0.2) is 5.78 Å². The van der Waals surface area contributed by atoms with E-state index in [9.17, 15) is 9.59 Å². The molecular weight excluding hydrogens is 348 g/mol. The summed E-state index contributed by atoms with van der Waals surface area (Å²) >= 11 is 3.41. The molecule has 0 bridgehead atoms. The summed E-state index contributed by atoms with van der Waals surface area (Å²) in [6.45, 7) is 1.91. The highest BCUT2D eigenvalue weighted by molar-refractivity contribution is 9.10. The van der Waals surface area contributed by atoms with Crippen molar-refractivity contribution < 1.29 is 19.1 Å². The van der Waals surface area contributed by atoms with Crippen LogP contribution in [0.25, 0.3) is 0 Å². The number of ether oxygens (including phenoxy) is 2. The van der Waals surface area contributed by atoms with Crippen LogP contribution in [0.2, 0.25) is 0 Å². The van der Waals surface area contributed by atoms with Crippen molar-refractivity contribution in [1.29, 1.82) is 0 Å². The van der Waals surface area contributed by atoms with Crippen LogP contribution >= 0.6 is 15.9 Å². The van der Waals surface area contributed by atoms with E-state index in [4.69, 9.17) is 9.47 Å². The fraction of sp³-hybridized carbons (Fsp3) is 0.176. The number of esters is 1. The molecule has 0 fully saturated rings. The third-order valence-electron chi connectivity index (χ3n) is 3.30. The summed E-state index contributed by atoms with van der Waals surface area (Å²) in [5.74, 6) is -0.377.